The van der Waals surface area contributed by atoms with Crippen molar-refractivity contribution in [3.63, 3.8) is 0 Å². The smallest absolute Gasteiger partial charge is 0.162 e. The van der Waals surface area contributed by atoms with Crippen LogP contribution in [0.4, 0.5) is 0 Å². The summed E-state index contributed by atoms with van der Waals surface area (Å²) in [6.45, 7) is 17.0. The van der Waals surface area contributed by atoms with E-state index in [1.165, 1.54) is 39.1 Å². The summed E-state index contributed by atoms with van der Waals surface area (Å²) in [4.78, 5) is 16.6. The Bertz CT molecular complexity index is 1270. The molecular formula is C36H50IrNO2-. The zero-order valence-corrected chi connectivity index (χ0v) is 27.5. The summed E-state index contributed by atoms with van der Waals surface area (Å²) in [5, 5.41) is 12.5. The van der Waals surface area contributed by atoms with Crippen LogP contribution in [0.15, 0.2) is 48.4 Å². The number of aliphatic hydroxyl groups is 1. The second-order valence-electron chi connectivity index (χ2n) is 11.7. The molecule has 221 valence electrons. The van der Waals surface area contributed by atoms with Crippen LogP contribution in [0.5, 0.6) is 0 Å². The van der Waals surface area contributed by atoms with Crippen LogP contribution in [0.25, 0.3) is 22.0 Å². The third-order valence-corrected chi connectivity index (χ3v) is 7.90. The van der Waals surface area contributed by atoms with E-state index in [2.05, 4.69) is 70.3 Å². The van der Waals surface area contributed by atoms with Gasteiger partial charge in [0.1, 0.15) is 0 Å². The van der Waals surface area contributed by atoms with Crippen LogP contribution in [0.1, 0.15) is 96.9 Å². The quantitative estimate of drug-likeness (QED) is 0.143. The minimum atomic E-state index is 0. The number of pyridine rings is 1. The average molecular weight is 721 g/mol. The Morgan fingerprint density at radius 3 is 2.17 bits per heavy atom. The van der Waals surface area contributed by atoms with Gasteiger partial charge in [-0.15, -0.1) is 34.9 Å². The van der Waals surface area contributed by atoms with Gasteiger partial charge < -0.3 is 10.1 Å². The molecule has 4 rings (SSSR count). The second kappa shape index (κ2) is 15.6. The number of ketones is 1. The number of nitrogens with zero attached hydrogens (tertiary/aromatic N) is 1. The molecular weight excluding hydrogens is 671 g/mol. The summed E-state index contributed by atoms with van der Waals surface area (Å²) in [6.07, 6.45) is 9.23. The van der Waals surface area contributed by atoms with Crippen molar-refractivity contribution in [3.05, 3.63) is 76.7 Å². The van der Waals surface area contributed by atoms with Gasteiger partial charge in [0.2, 0.25) is 0 Å². The van der Waals surface area contributed by atoms with Crippen LogP contribution in [0.3, 0.4) is 0 Å². The van der Waals surface area contributed by atoms with E-state index in [0.717, 1.165) is 49.8 Å². The van der Waals surface area contributed by atoms with Gasteiger partial charge in [0.25, 0.3) is 0 Å². The van der Waals surface area contributed by atoms with Crippen molar-refractivity contribution in [1.29, 1.82) is 0 Å². The molecule has 3 aromatic rings. The van der Waals surface area contributed by atoms with E-state index in [1.54, 1.807) is 0 Å². The molecule has 1 aliphatic rings. The molecule has 0 saturated carbocycles. The van der Waals surface area contributed by atoms with Gasteiger partial charge >= 0.3 is 0 Å². The van der Waals surface area contributed by atoms with Crippen molar-refractivity contribution >= 4 is 16.6 Å². The molecule has 1 N–H and O–H groups in total. The van der Waals surface area contributed by atoms with Gasteiger partial charge in [0.05, 0.1) is 5.76 Å². The third kappa shape index (κ3) is 8.60. The summed E-state index contributed by atoms with van der Waals surface area (Å²) < 4.78 is 0. The predicted octanol–water partition coefficient (Wildman–Crippen LogP) is 9.95. The van der Waals surface area contributed by atoms with Crippen LogP contribution < -0.4 is 0 Å². The largest absolute Gasteiger partial charge is 0.512 e. The number of hydrogen-bond acceptors (Lipinski definition) is 3. The summed E-state index contributed by atoms with van der Waals surface area (Å²) in [7, 11) is 0. The Morgan fingerprint density at radius 1 is 1.00 bits per heavy atom. The second-order valence-corrected chi connectivity index (χ2v) is 11.7. The van der Waals surface area contributed by atoms with Gasteiger partial charge in [0.15, 0.2) is 5.78 Å². The fourth-order valence-corrected chi connectivity index (χ4v) is 5.85. The Kier molecular flexibility index (Phi) is 14.0. The van der Waals surface area contributed by atoms with E-state index >= 15 is 0 Å². The molecule has 1 radical (unpaired) electrons. The predicted molar refractivity (Wildman–Crippen MR) is 167 cm³/mol. The molecule has 0 spiro atoms. The molecule has 0 atom stereocenters. The molecule has 0 amide bonds. The average Bonchev–Trinajstić information content (AvgIpc) is 2.85. The summed E-state index contributed by atoms with van der Waals surface area (Å²) in [5.41, 5.74) is 7.77. The summed E-state index contributed by atoms with van der Waals surface area (Å²) >= 11 is 0. The first-order valence-corrected chi connectivity index (χ1v) is 14.4. The first-order valence-electron chi connectivity index (χ1n) is 14.4. The van der Waals surface area contributed by atoms with Crippen molar-refractivity contribution in [3.8, 4) is 11.3 Å². The van der Waals surface area contributed by atoms with Crippen LogP contribution in [-0.4, -0.2) is 15.9 Å². The molecule has 0 aliphatic heterocycles. The van der Waals surface area contributed by atoms with Gasteiger partial charge in [-0.2, -0.15) is 0 Å². The molecule has 4 heteroatoms. The number of rotatable bonds is 8. The minimum Gasteiger partial charge on any atom is -0.512 e. The van der Waals surface area contributed by atoms with Gasteiger partial charge in [-0.3, -0.25) is 4.79 Å². The number of allylic oxidation sites excluding steroid dienone is 2. The van der Waals surface area contributed by atoms with Gasteiger partial charge in [-0.25, -0.2) is 0 Å². The van der Waals surface area contributed by atoms with Crippen molar-refractivity contribution in [2.45, 2.75) is 101 Å². The topological polar surface area (TPSA) is 50.2 Å². The van der Waals surface area contributed by atoms with E-state index in [1.807, 2.05) is 27.7 Å². The number of hydrogen-bond donors (Lipinski definition) is 1. The molecule has 1 aliphatic carbocycles. The molecule has 40 heavy (non-hydrogen) atoms. The van der Waals surface area contributed by atoms with E-state index in [0.29, 0.717) is 5.41 Å². The van der Waals surface area contributed by atoms with Crippen molar-refractivity contribution < 1.29 is 30.0 Å². The zero-order chi connectivity index (χ0) is 28.0. The SMILES string of the molecule is C.CCC(CC)C(=O)C=C(O)C(CC)CC.Cc1[c-]c(-c2ncc3c4c(cccc24)CC(C)(C)C3)cc(C)c1.[Ir]. The maximum Gasteiger partial charge on any atom is 0.162 e. The Hall–Kier alpha value is -2.29. The van der Waals surface area contributed by atoms with Crippen molar-refractivity contribution in [1.82, 2.24) is 4.98 Å². The van der Waals surface area contributed by atoms with Crippen LogP contribution in [0.2, 0.25) is 0 Å². The van der Waals surface area contributed by atoms with Crippen LogP contribution >= 0.6 is 0 Å². The van der Waals surface area contributed by atoms with Crippen LogP contribution in [-0.2, 0) is 37.7 Å². The number of aliphatic hydroxyl groups excluding tert-OH is 1. The third-order valence-electron chi connectivity index (χ3n) is 7.90. The molecule has 2 aromatic carbocycles. The normalized spacial score (nSPS) is 13.8. The number of benzene rings is 2. The number of carbonyl (C=O) groups excluding carboxylic acids is 1. The van der Waals surface area contributed by atoms with Crippen molar-refractivity contribution in [2.24, 2.45) is 17.3 Å². The van der Waals surface area contributed by atoms with Gasteiger partial charge in [-0.1, -0.05) is 81.0 Å². The number of aromatic nitrogens is 1. The number of aryl methyl sites for hydroxylation is 2. The molecule has 1 heterocycles. The molecule has 1 aromatic heterocycles. The van der Waals surface area contributed by atoms with Gasteiger partial charge in [0, 0.05) is 44.2 Å². The zero-order valence-electron chi connectivity index (χ0n) is 25.1. The molecule has 0 bridgehead atoms. The first-order chi connectivity index (χ1) is 18.0. The Morgan fingerprint density at radius 2 is 1.60 bits per heavy atom. The molecule has 3 nitrogen and oxygen atoms in total. The first kappa shape index (κ1) is 35.7. The molecule has 0 unspecified atom stereocenters. The monoisotopic (exact) mass is 721 g/mol. The fourth-order valence-electron chi connectivity index (χ4n) is 5.85. The molecule has 0 fully saturated rings. The maximum atomic E-state index is 11.7. The van der Waals surface area contributed by atoms with Crippen LogP contribution in [0, 0.1) is 37.2 Å². The Balaban J connectivity index is 0.000000418. The minimum absolute atomic E-state index is 0. The van der Waals surface area contributed by atoms with E-state index < -0.39 is 0 Å². The van der Waals surface area contributed by atoms with E-state index in [9.17, 15) is 9.90 Å². The Labute approximate surface area is 257 Å². The number of carbonyl (C=O) groups is 1. The standard InChI is InChI=1S/C22H22N.C13H24O2.CH4.Ir/c1-14-8-15(2)10-17(9-14)21-19-7-5-6-16-11-22(3,4)12-18(13-23-21)20(16)19;1-5-10(6-2)12(14)9-13(15)11(7-3)8-4;;/h5-9,13H,11-12H2,1-4H3;9-11,14H,5-8H2,1-4H3;1H4;/q-1;;;. The van der Waals surface area contributed by atoms with E-state index in [-0.39, 0.29) is 50.9 Å². The summed E-state index contributed by atoms with van der Waals surface area (Å²) in [6, 6.07) is 14.5. The van der Waals surface area contributed by atoms with Crippen molar-refractivity contribution in [2.75, 3.05) is 0 Å². The summed E-state index contributed by atoms with van der Waals surface area (Å²) in [5.74, 6) is 0.547. The molecule has 0 saturated heterocycles. The maximum absolute atomic E-state index is 11.7. The fraction of sp³-hybridized carbons (Fsp3) is 0.500. The van der Waals surface area contributed by atoms with E-state index in [4.69, 9.17) is 4.98 Å². The van der Waals surface area contributed by atoms with Gasteiger partial charge in [-0.05, 0) is 71.5 Å².